The third kappa shape index (κ3) is 6.16. The molecule has 0 aliphatic heterocycles. The van der Waals surface area contributed by atoms with Crippen LogP contribution in [-0.2, 0) is 14.9 Å². The Bertz CT molecular complexity index is 1470. The summed E-state index contributed by atoms with van der Waals surface area (Å²) in [5.41, 5.74) is 0.481. The Morgan fingerprint density at radius 1 is 1.03 bits per heavy atom. The van der Waals surface area contributed by atoms with E-state index in [1.165, 1.54) is 37.3 Å². The van der Waals surface area contributed by atoms with Crippen LogP contribution < -0.4 is 9.50 Å². The van der Waals surface area contributed by atoms with Crippen molar-refractivity contribution in [1.82, 2.24) is 0 Å². The van der Waals surface area contributed by atoms with Gasteiger partial charge in [-0.1, -0.05) is 24.3 Å². The zero-order valence-electron chi connectivity index (χ0n) is 18.2. The molecule has 0 aliphatic rings. The predicted molar refractivity (Wildman–Crippen MR) is 126 cm³/mol. The lowest BCUT2D eigenvalue weighted by Crippen LogP contribution is -2.15. The molecule has 0 saturated carbocycles. The number of nitrogens with zero attached hydrogens (tertiary/aromatic N) is 2. The van der Waals surface area contributed by atoms with Crippen molar-refractivity contribution in [2.75, 3.05) is 5.32 Å². The molecule has 0 radical (unpaired) electrons. The molecule has 3 aromatic rings. The molecule has 35 heavy (non-hydrogen) atoms. The zero-order chi connectivity index (χ0) is 25.6. The highest BCUT2D eigenvalue weighted by molar-refractivity contribution is 7.87. The average Bonchev–Trinajstić information content (AvgIpc) is 2.83. The summed E-state index contributed by atoms with van der Waals surface area (Å²) in [4.78, 5) is 34.1. The number of hydrogen-bond acceptors (Lipinski definition) is 8. The molecule has 0 fully saturated rings. The van der Waals surface area contributed by atoms with E-state index in [1.807, 2.05) is 0 Å². The van der Waals surface area contributed by atoms with Gasteiger partial charge in [0, 0.05) is 17.7 Å². The first-order chi connectivity index (χ1) is 16.6. The molecular formula is C24H17N3O7S. The minimum atomic E-state index is -4.24. The smallest absolute Gasteiger partial charge is 0.339 e. The second kappa shape index (κ2) is 10.4. The van der Waals surface area contributed by atoms with Gasteiger partial charge in [0.05, 0.1) is 10.6 Å². The monoisotopic (exact) mass is 491 g/mol. The first-order valence-electron chi connectivity index (χ1n) is 9.93. The lowest BCUT2D eigenvalue weighted by molar-refractivity contribution is -0.384. The Morgan fingerprint density at radius 2 is 1.66 bits per heavy atom. The number of hydrogen-bond donors (Lipinski definition) is 1. The van der Waals surface area contributed by atoms with Gasteiger partial charge in [0.25, 0.3) is 11.6 Å². The topological polar surface area (TPSA) is 156 Å². The molecule has 0 unspecified atom stereocenters. The maximum absolute atomic E-state index is 12.5. The molecule has 0 saturated heterocycles. The number of Topliss-reactive ketones (excluding diaryl/α,β-unsaturated/α-hetero) is 1. The molecule has 0 atom stereocenters. The number of anilines is 1. The van der Waals surface area contributed by atoms with Crippen molar-refractivity contribution in [1.29, 1.82) is 5.26 Å². The summed E-state index contributed by atoms with van der Waals surface area (Å²) in [7, 11) is -4.24. The minimum Gasteiger partial charge on any atom is -0.379 e. The van der Waals surface area contributed by atoms with Crippen LogP contribution in [0.15, 0.2) is 83.3 Å². The molecule has 0 spiro atoms. The number of amides is 1. The number of carbonyl (C=O) groups is 2. The summed E-state index contributed by atoms with van der Waals surface area (Å²) in [6.45, 7) is 1.36. The van der Waals surface area contributed by atoms with Crippen molar-refractivity contribution in [3.63, 3.8) is 0 Å². The summed E-state index contributed by atoms with van der Waals surface area (Å²) in [5.74, 6) is -1.01. The number of benzene rings is 3. The van der Waals surface area contributed by atoms with Crippen LogP contribution >= 0.6 is 0 Å². The fourth-order valence-electron chi connectivity index (χ4n) is 2.93. The second-order valence-electron chi connectivity index (χ2n) is 7.08. The summed E-state index contributed by atoms with van der Waals surface area (Å²) >= 11 is 0. The van der Waals surface area contributed by atoms with E-state index in [2.05, 4.69) is 5.32 Å². The number of nitro groups is 1. The molecule has 0 aromatic heterocycles. The molecular weight excluding hydrogens is 474 g/mol. The summed E-state index contributed by atoms with van der Waals surface area (Å²) in [6, 6.07) is 17.9. The van der Waals surface area contributed by atoms with E-state index in [0.29, 0.717) is 11.1 Å². The number of nitrogens with one attached hydrogen (secondary N) is 1. The second-order valence-corrected chi connectivity index (χ2v) is 8.63. The number of carbonyl (C=O) groups excluding carboxylic acids is 2. The van der Waals surface area contributed by atoms with Crippen molar-refractivity contribution in [3.8, 4) is 11.8 Å². The van der Waals surface area contributed by atoms with Gasteiger partial charge in [0.1, 0.15) is 22.3 Å². The number of para-hydroxylation sites is 1. The van der Waals surface area contributed by atoms with Gasteiger partial charge in [-0.15, -0.1) is 0 Å². The molecule has 11 heteroatoms. The van der Waals surface area contributed by atoms with Gasteiger partial charge in [-0.3, -0.25) is 19.7 Å². The van der Waals surface area contributed by atoms with Crippen LogP contribution in [0.3, 0.4) is 0 Å². The van der Waals surface area contributed by atoms with E-state index in [4.69, 9.17) is 4.18 Å². The van der Waals surface area contributed by atoms with E-state index < -0.39 is 20.9 Å². The SMILES string of the molecule is CC(=O)c1ccccc1NC(=O)/C(C#N)=C\c1ccc(OS(=O)(=O)c2ccc([N+](=O)[O-])cc2)cc1. The number of non-ortho nitro benzene ring substituents is 1. The van der Waals surface area contributed by atoms with Gasteiger partial charge < -0.3 is 9.50 Å². The van der Waals surface area contributed by atoms with Gasteiger partial charge in [0.2, 0.25) is 0 Å². The fourth-order valence-corrected chi connectivity index (χ4v) is 3.86. The van der Waals surface area contributed by atoms with Crippen LogP contribution in [0.2, 0.25) is 0 Å². The Kier molecular flexibility index (Phi) is 7.38. The van der Waals surface area contributed by atoms with Crippen LogP contribution in [0.25, 0.3) is 6.08 Å². The maximum atomic E-state index is 12.5. The van der Waals surface area contributed by atoms with Gasteiger partial charge in [-0.25, -0.2) is 0 Å². The standard InChI is InChI=1S/C24H17N3O7S/c1-16(28)22-4-2-3-5-23(22)26-24(29)18(15-25)14-17-6-10-20(11-7-17)34-35(32,33)21-12-8-19(9-13-21)27(30)31/h2-14H,1H3,(H,26,29)/b18-14-. The van der Waals surface area contributed by atoms with Crippen LogP contribution in [-0.4, -0.2) is 25.0 Å². The third-order valence-corrected chi connectivity index (χ3v) is 5.91. The number of rotatable bonds is 8. The number of nitro benzene ring substituents is 1. The Labute approximate surface area is 200 Å². The maximum Gasteiger partial charge on any atom is 0.339 e. The molecule has 1 N–H and O–H groups in total. The highest BCUT2D eigenvalue weighted by Crippen LogP contribution is 2.22. The summed E-state index contributed by atoms with van der Waals surface area (Å²) in [5, 5.41) is 22.7. The van der Waals surface area contributed by atoms with Crippen molar-refractivity contribution in [3.05, 3.63) is 99.6 Å². The molecule has 0 heterocycles. The largest absolute Gasteiger partial charge is 0.379 e. The first-order valence-corrected chi connectivity index (χ1v) is 11.3. The molecule has 3 aromatic carbocycles. The molecule has 0 bridgehead atoms. The first kappa shape index (κ1) is 24.8. The lowest BCUT2D eigenvalue weighted by atomic mass is 10.1. The quantitative estimate of drug-likeness (QED) is 0.123. The van der Waals surface area contributed by atoms with Gasteiger partial charge in [0.15, 0.2) is 5.78 Å². The fraction of sp³-hybridized carbons (Fsp3) is 0.0417. The van der Waals surface area contributed by atoms with Gasteiger partial charge in [-0.05, 0) is 55.0 Å². The van der Waals surface area contributed by atoms with Crippen LogP contribution in [0.4, 0.5) is 11.4 Å². The van der Waals surface area contributed by atoms with E-state index in [1.54, 1.807) is 30.3 Å². The van der Waals surface area contributed by atoms with Crippen LogP contribution in [0.1, 0.15) is 22.8 Å². The van der Waals surface area contributed by atoms with E-state index in [-0.39, 0.29) is 33.4 Å². The van der Waals surface area contributed by atoms with Gasteiger partial charge >= 0.3 is 10.1 Å². The minimum absolute atomic E-state index is 0.0427. The molecule has 0 aliphatic carbocycles. The van der Waals surface area contributed by atoms with Crippen LogP contribution in [0, 0.1) is 21.4 Å². The van der Waals surface area contributed by atoms with Gasteiger partial charge in [-0.2, -0.15) is 13.7 Å². The molecule has 10 nitrogen and oxygen atoms in total. The predicted octanol–water partition coefficient (Wildman–Crippen LogP) is 4.11. The Balaban J connectivity index is 1.75. The van der Waals surface area contributed by atoms with E-state index in [0.717, 1.165) is 24.3 Å². The van der Waals surface area contributed by atoms with Crippen molar-refractivity contribution in [2.45, 2.75) is 11.8 Å². The highest BCUT2D eigenvalue weighted by atomic mass is 32.2. The summed E-state index contributed by atoms with van der Waals surface area (Å²) in [6.07, 6.45) is 1.29. The van der Waals surface area contributed by atoms with Crippen molar-refractivity contribution in [2.24, 2.45) is 0 Å². The zero-order valence-corrected chi connectivity index (χ0v) is 19.0. The summed E-state index contributed by atoms with van der Waals surface area (Å²) < 4.78 is 29.9. The highest BCUT2D eigenvalue weighted by Gasteiger charge is 2.18. The van der Waals surface area contributed by atoms with Crippen LogP contribution in [0.5, 0.6) is 5.75 Å². The number of ketones is 1. The molecule has 176 valence electrons. The third-order valence-electron chi connectivity index (χ3n) is 4.65. The average molecular weight is 491 g/mol. The Hall–Kier alpha value is -4.82. The lowest BCUT2D eigenvalue weighted by Gasteiger charge is -2.09. The van der Waals surface area contributed by atoms with E-state index in [9.17, 15) is 33.4 Å². The van der Waals surface area contributed by atoms with E-state index >= 15 is 0 Å². The Morgan fingerprint density at radius 3 is 2.23 bits per heavy atom. The van der Waals surface area contributed by atoms with Crippen molar-refractivity contribution >= 4 is 39.3 Å². The molecule has 1 amide bonds. The normalized spacial score (nSPS) is 11.3. The van der Waals surface area contributed by atoms with Crippen molar-refractivity contribution < 1.29 is 27.1 Å². The number of nitriles is 1. The molecule has 3 rings (SSSR count).